The molecule has 0 bridgehead atoms. The van der Waals surface area contributed by atoms with Crippen molar-refractivity contribution in [3.63, 3.8) is 0 Å². The highest BCUT2D eigenvalue weighted by Gasteiger charge is 2.19. The van der Waals surface area contributed by atoms with Gasteiger partial charge < -0.3 is 5.73 Å². The lowest BCUT2D eigenvalue weighted by Gasteiger charge is -2.18. The summed E-state index contributed by atoms with van der Waals surface area (Å²) < 4.78 is 25.7. The molecule has 0 atom stereocenters. The van der Waals surface area contributed by atoms with E-state index < -0.39 is 10.0 Å². The van der Waals surface area contributed by atoms with Gasteiger partial charge in [0.25, 0.3) is 0 Å². The van der Waals surface area contributed by atoms with Crippen LogP contribution in [-0.4, -0.2) is 20.4 Å². The average molecular weight is 277 g/mol. The predicted octanol–water partition coefficient (Wildman–Crippen LogP) is 1.63. The molecule has 5 nitrogen and oxygen atoms in total. The zero-order valence-electron chi connectivity index (χ0n) is 10.5. The molecular weight excluding hydrogens is 262 g/mol. The standard InChI is InChI=1S/C13H15N3O2S/c1-16(13-7-2-3-8-15-13)19(17,18)10-11-5-4-6-12(14)9-11/h2-9H,10,14H2,1H3. The summed E-state index contributed by atoms with van der Waals surface area (Å²) in [5.74, 6) is 0.289. The molecule has 0 radical (unpaired) electrons. The number of hydrogen-bond acceptors (Lipinski definition) is 4. The first-order valence-corrected chi connectivity index (χ1v) is 7.32. The van der Waals surface area contributed by atoms with E-state index in [0.717, 1.165) is 0 Å². The molecule has 19 heavy (non-hydrogen) atoms. The van der Waals surface area contributed by atoms with E-state index in [1.54, 1.807) is 48.7 Å². The van der Waals surface area contributed by atoms with Gasteiger partial charge in [0.1, 0.15) is 5.82 Å². The lowest BCUT2D eigenvalue weighted by molar-refractivity contribution is 0.593. The Bertz CT molecular complexity index is 657. The van der Waals surface area contributed by atoms with E-state index in [2.05, 4.69) is 4.98 Å². The van der Waals surface area contributed by atoms with Gasteiger partial charge in [-0.1, -0.05) is 18.2 Å². The zero-order valence-corrected chi connectivity index (χ0v) is 11.3. The van der Waals surface area contributed by atoms with E-state index >= 15 is 0 Å². The van der Waals surface area contributed by atoms with Crippen molar-refractivity contribution in [2.45, 2.75) is 5.75 Å². The number of hydrogen-bond donors (Lipinski definition) is 1. The lowest BCUT2D eigenvalue weighted by Crippen LogP contribution is -2.28. The number of nitrogens with zero attached hydrogens (tertiary/aromatic N) is 2. The number of pyridine rings is 1. The van der Waals surface area contributed by atoms with Gasteiger partial charge in [-0.25, -0.2) is 13.4 Å². The molecule has 0 fully saturated rings. The minimum absolute atomic E-state index is 0.106. The summed E-state index contributed by atoms with van der Waals surface area (Å²) in [6.45, 7) is 0. The molecule has 2 N–H and O–H groups in total. The minimum atomic E-state index is -3.47. The van der Waals surface area contributed by atoms with Gasteiger partial charge in [0.2, 0.25) is 10.0 Å². The van der Waals surface area contributed by atoms with Gasteiger partial charge in [-0.05, 0) is 29.8 Å². The Labute approximate surface area is 112 Å². The molecule has 2 rings (SSSR count). The molecular formula is C13H15N3O2S. The van der Waals surface area contributed by atoms with E-state index in [0.29, 0.717) is 17.1 Å². The Morgan fingerprint density at radius 3 is 2.63 bits per heavy atom. The maximum atomic E-state index is 12.3. The van der Waals surface area contributed by atoms with Gasteiger partial charge in [0.15, 0.2) is 0 Å². The highest BCUT2D eigenvalue weighted by Crippen LogP contribution is 2.17. The van der Waals surface area contributed by atoms with Crippen LogP contribution in [0.15, 0.2) is 48.7 Å². The summed E-state index contributed by atoms with van der Waals surface area (Å²) in [6, 6.07) is 12.0. The van der Waals surface area contributed by atoms with E-state index in [-0.39, 0.29) is 5.75 Å². The first-order valence-electron chi connectivity index (χ1n) is 5.71. The van der Waals surface area contributed by atoms with Gasteiger partial charge in [0, 0.05) is 18.9 Å². The highest BCUT2D eigenvalue weighted by molar-refractivity contribution is 7.92. The van der Waals surface area contributed by atoms with E-state index in [1.807, 2.05) is 0 Å². The fraction of sp³-hybridized carbons (Fsp3) is 0.154. The van der Waals surface area contributed by atoms with Crippen LogP contribution in [0, 0.1) is 0 Å². The summed E-state index contributed by atoms with van der Waals surface area (Å²) in [5, 5.41) is 0. The number of rotatable bonds is 4. The Morgan fingerprint density at radius 2 is 2.00 bits per heavy atom. The summed E-state index contributed by atoms with van der Waals surface area (Å²) in [6.07, 6.45) is 1.56. The molecule has 0 saturated carbocycles. The van der Waals surface area contributed by atoms with Crippen molar-refractivity contribution >= 4 is 21.5 Å². The van der Waals surface area contributed by atoms with Crippen molar-refractivity contribution in [3.05, 3.63) is 54.2 Å². The second-order valence-electron chi connectivity index (χ2n) is 4.16. The van der Waals surface area contributed by atoms with E-state index in [9.17, 15) is 8.42 Å². The van der Waals surface area contributed by atoms with Gasteiger partial charge >= 0.3 is 0 Å². The van der Waals surface area contributed by atoms with Gasteiger partial charge in [-0.15, -0.1) is 0 Å². The predicted molar refractivity (Wildman–Crippen MR) is 76.1 cm³/mol. The Kier molecular flexibility index (Phi) is 3.71. The normalized spacial score (nSPS) is 11.2. The number of benzene rings is 1. The van der Waals surface area contributed by atoms with Crippen LogP contribution in [-0.2, 0) is 15.8 Å². The van der Waals surface area contributed by atoms with Crippen molar-refractivity contribution in [1.82, 2.24) is 4.98 Å². The van der Waals surface area contributed by atoms with Crippen molar-refractivity contribution in [1.29, 1.82) is 0 Å². The molecule has 0 spiro atoms. The number of sulfonamides is 1. The molecule has 1 heterocycles. The topological polar surface area (TPSA) is 76.3 Å². The average Bonchev–Trinajstić information content (AvgIpc) is 2.38. The molecule has 0 aliphatic heterocycles. The molecule has 1 aromatic heterocycles. The second-order valence-corrected chi connectivity index (χ2v) is 6.16. The first kappa shape index (κ1) is 13.4. The fourth-order valence-corrected chi connectivity index (χ4v) is 2.86. The zero-order chi connectivity index (χ0) is 13.9. The van der Waals surface area contributed by atoms with Crippen LogP contribution in [0.25, 0.3) is 0 Å². The van der Waals surface area contributed by atoms with Gasteiger partial charge in [0.05, 0.1) is 5.75 Å². The van der Waals surface area contributed by atoms with E-state index in [1.165, 1.54) is 11.4 Å². The van der Waals surface area contributed by atoms with Crippen LogP contribution in [0.5, 0.6) is 0 Å². The quantitative estimate of drug-likeness (QED) is 0.862. The Hall–Kier alpha value is -2.08. The molecule has 0 amide bonds. The SMILES string of the molecule is CN(c1ccccn1)S(=O)(=O)Cc1cccc(N)c1. The van der Waals surface area contributed by atoms with E-state index in [4.69, 9.17) is 5.73 Å². The van der Waals surface area contributed by atoms with Gasteiger partial charge in [-0.3, -0.25) is 4.31 Å². The molecule has 0 unspecified atom stereocenters. The second kappa shape index (κ2) is 5.27. The molecule has 1 aromatic carbocycles. The van der Waals surface area contributed by atoms with Crippen LogP contribution in [0.4, 0.5) is 11.5 Å². The lowest BCUT2D eigenvalue weighted by atomic mass is 10.2. The van der Waals surface area contributed by atoms with Crippen molar-refractivity contribution in [2.75, 3.05) is 17.1 Å². The number of anilines is 2. The first-order chi connectivity index (χ1) is 8.99. The third-order valence-corrected chi connectivity index (χ3v) is 4.41. The summed E-state index contributed by atoms with van der Waals surface area (Å²) >= 11 is 0. The van der Waals surface area contributed by atoms with Crippen molar-refractivity contribution in [3.8, 4) is 0 Å². The smallest absolute Gasteiger partial charge is 0.240 e. The highest BCUT2D eigenvalue weighted by atomic mass is 32.2. The number of aromatic nitrogens is 1. The Balaban J connectivity index is 2.24. The van der Waals surface area contributed by atoms with Crippen LogP contribution in [0.2, 0.25) is 0 Å². The van der Waals surface area contributed by atoms with Crippen LogP contribution in [0.3, 0.4) is 0 Å². The molecule has 0 aliphatic rings. The molecule has 6 heteroatoms. The summed E-state index contributed by atoms with van der Waals surface area (Å²) in [5.41, 5.74) is 6.85. The largest absolute Gasteiger partial charge is 0.399 e. The fourth-order valence-electron chi connectivity index (χ4n) is 1.67. The summed E-state index contributed by atoms with van der Waals surface area (Å²) in [4.78, 5) is 4.03. The van der Waals surface area contributed by atoms with Crippen LogP contribution >= 0.6 is 0 Å². The molecule has 0 saturated heterocycles. The third kappa shape index (κ3) is 3.23. The number of nitrogen functional groups attached to an aromatic ring is 1. The van der Waals surface area contributed by atoms with Crippen LogP contribution < -0.4 is 10.0 Å². The minimum Gasteiger partial charge on any atom is -0.399 e. The summed E-state index contributed by atoms with van der Waals surface area (Å²) in [7, 11) is -1.98. The van der Waals surface area contributed by atoms with Crippen molar-refractivity contribution in [2.24, 2.45) is 0 Å². The van der Waals surface area contributed by atoms with Gasteiger partial charge in [-0.2, -0.15) is 0 Å². The monoisotopic (exact) mass is 277 g/mol. The third-order valence-electron chi connectivity index (χ3n) is 2.69. The Morgan fingerprint density at radius 1 is 1.21 bits per heavy atom. The maximum absolute atomic E-state index is 12.3. The van der Waals surface area contributed by atoms with Crippen LogP contribution in [0.1, 0.15) is 5.56 Å². The number of nitrogens with two attached hydrogens (primary N) is 1. The molecule has 0 aliphatic carbocycles. The molecule has 100 valence electrons. The van der Waals surface area contributed by atoms with Crippen molar-refractivity contribution < 1.29 is 8.42 Å². The maximum Gasteiger partial charge on any atom is 0.240 e. The molecule has 2 aromatic rings.